The van der Waals surface area contributed by atoms with Gasteiger partial charge in [-0.25, -0.2) is 0 Å². The monoisotopic (exact) mass is 289 g/mol. The van der Waals surface area contributed by atoms with Crippen LogP contribution in [0.25, 0.3) is 0 Å². The number of anilines is 2. The standard InChI is InChI=1S/C14H15N3O2S/c1-9(18)17-12-4-2-11(3-5-12)16-7-13-6-10(8-20-13)14(15)19/h2-6,8,16H,7H2,1H3,(H2,15,19)(H,17,18). The minimum absolute atomic E-state index is 0.0942. The van der Waals surface area contributed by atoms with Crippen LogP contribution in [0.5, 0.6) is 0 Å². The van der Waals surface area contributed by atoms with Crippen molar-refractivity contribution in [3.8, 4) is 0 Å². The molecule has 20 heavy (non-hydrogen) atoms. The van der Waals surface area contributed by atoms with Gasteiger partial charge in [0.25, 0.3) is 0 Å². The summed E-state index contributed by atoms with van der Waals surface area (Å²) in [4.78, 5) is 22.9. The van der Waals surface area contributed by atoms with Crippen molar-refractivity contribution >= 4 is 34.5 Å². The van der Waals surface area contributed by atoms with E-state index in [0.29, 0.717) is 12.1 Å². The zero-order valence-electron chi connectivity index (χ0n) is 11.0. The summed E-state index contributed by atoms with van der Waals surface area (Å²) in [7, 11) is 0. The number of carbonyl (C=O) groups excluding carboxylic acids is 2. The summed E-state index contributed by atoms with van der Waals surface area (Å²) in [6.45, 7) is 2.09. The zero-order valence-corrected chi connectivity index (χ0v) is 11.8. The van der Waals surface area contributed by atoms with Crippen molar-refractivity contribution in [1.29, 1.82) is 0 Å². The van der Waals surface area contributed by atoms with Gasteiger partial charge >= 0.3 is 0 Å². The molecule has 2 amide bonds. The Kier molecular flexibility index (Phi) is 4.37. The third-order valence-corrected chi connectivity index (χ3v) is 3.55. The molecule has 0 atom stereocenters. The SMILES string of the molecule is CC(=O)Nc1ccc(NCc2cc(C(N)=O)cs2)cc1. The molecule has 104 valence electrons. The van der Waals surface area contributed by atoms with Crippen molar-refractivity contribution in [2.24, 2.45) is 5.73 Å². The maximum atomic E-state index is 11.0. The molecule has 1 aromatic heterocycles. The number of hydrogen-bond acceptors (Lipinski definition) is 4. The quantitative estimate of drug-likeness (QED) is 0.790. The second-order valence-corrected chi connectivity index (χ2v) is 5.27. The van der Waals surface area contributed by atoms with Gasteiger partial charge in [-0.05, 0) is 30.3 Å². The van der Waals surface area contributed by atoms with E-state index in [1.807, 2.05) is 24.3 Å². The average molecular weight is 289 g/mol. The fraction of sp³-hybridized carbons (Fsp3) is 0.143. The molecule has 0 aliphatic heterocycles. The molecule has 2 rings (SSSR count). The van der Waals surface area contributed by atoms with Crippen LogP contribution in [0.2, 0.25) is 0 Å². The fourth-order valence-electron chi connectivity index (χ4n) is 1.67. The molecule has 5 nitrogen and oxygen atoms in total. The van der Waals surface area contributed by atoms with E-state index >= 15 is 0 Å². The maximum Gasteiger partial charge on any atom is 0.249 e. The van der Waals surface area contributed by atoms with Crippen molar-refractivity contribution in [2.75, 3.05) is 10.6 Å². The molecule has 0 bridgehead atoms. The maximum absolute atomic E-state index is 11.0. The first-order valence-corrected chi connectivity index (χ1v) is 6.91. The number of nitrogens with one attached hydrogen (secondary N) is 2. The second kappa shape index (κ2) is 6.21. The first-order chi connectivity index (χ1) is 9.54. The Labute approximate surface area is 120 Å². The number of amides is 2. The normalized spacial score (nSPS) is 10.1. The molecular weight excluding hydrogens is 274 g/mol. The van der Waals surface area contributed by atoms with E-state index in [1.54, 1.807) is 11.4 Å². The lowest BCUT2D eigenvalue weighted by atomic mass is 10.2. The van der Waals surface area contributed by atoms with E-state index in [0.717, 1.165) is 16.3 Å². The van der Waals surface area contributed by atoms with E-state index < -0.39 is 5.91 Å². The molecule has 1 heterocycles. The molecule has 4 N–H and O–H groups in total. The lowest BCUT2D eigenvalue weighted by molar-refractivity contribution is -0.114. The Balaban J connectivity index is 1.93. The van der Waals surface area contributed by atoms with Crippen LogP contribution in [-0.4, -0.2) is 11.8 Å². The van der Waals surface area contributed by atoms with Gasteiger partial charge in [0.1, 0.15) is 0 Å². The summed E-state index contributed by atoms with van der Waals surface area (Å²) < 4.78 is 0. The molecule has 0 fully saturated rings. The topological polar surface area (TPSA) is 84.2 Å². The fourth-order valence-corrected chi connectivity index (χ4v) is 2.48. The van der Waals surface area contributed by atoms with Crippen molar-refractivity contribution in [2.45, 2.75) is 13.5 Å². The van der Waals surface area contributed by atoms with Gasteiger partial charge in [-0.3, -0.25) is 9.59 Å². The lowest BCUT2D eigenvalue weighted by Crippen LogP contribution is -2.09. The van der Waals surface area contributed by atoms with Crippen LogP contribution in [0.4, 0.5) is 11.4 Å². The summed E-state index contributed by atoms with van der Waals surface area (Å²) in [5.41, 5.74) is 7.44. The molecule has 0 spiro atoms. The Hall–Kier alpha value is -2.34. The molecule has 0 aliphatic rings. The smallest absolute Gasteiger partial charge is 0.249 e. The Morgan fingerprint density at radius 1 is 1.20 bits per heavy atom. The van der Waals surface area contributed by atoms with Gasteiger partial charge < -0.3 is 16.4 Å². The molecule has 0 saturated carbocycles. The predicted octanol–water partition coefficient (Wildman–Crippen LogP) is 2.42. The molecule has 1 aromatic carbocycles. The van der Waals surface area contributed by atoms with Gasteiger partial charge in [-0.15, -0.1) is 11.3 Å². The summed E-state index contributed by atoms with van der Waals surface area (Å²) in [6.07, 6.45) is 0. The van der Waals surface area contributed by atoms with E-state index in [1.165, 1.54) is 18.3 Å². The van der Waals surface area contributed by atoms with Crippen molar-refractivity contribution in [1.82, 2.24) is 0 Å². The summed E-state index contributed by atoms with van der Waals surface area (Å²) >= 11 is 1.49. The van der Waals surface area contributed by atoms with Crippen LogP contribution in [0.1, 0.15) is 22.2 Å². The van der Waals surface area contributed by atoms with Gasteiger partial charge in [0.15, 0.2) is 0 Å². The number of thiophene rings is 1. The second-order valence-electron chi connectivity index (χ2n) is 4.28. The highest BCUT2D eigenvalue weighted by atomic mass is 32.1. The molecule has 0 unspecified atom stereocenters. The third kappa shape index (κ3) is 3.83. The molecular formula is C14H15N3O2S. The number of benzene rings is 1. The van der Waals surface area contributed by atoms with E-state index in [2.05, 4.69) is 10.6 Å². The molecule has 0 radical (unpaired) electrons. The number of hydrogen-bond donors (Lipinski definition) is 3. The Bertz CT molecular complexity index is 620. The van der Waals surface area contributed by atoms with Gasteiger partial charge in [-0.2, -0.15) is 0 Å². The highest BCUT2D eigenvalue weighted by molar-refractivity contribution is 7.10. The predicted molar refractivity (Wildman–Crippen MR) is 80.9 cm³/mol. The summed E-state index contributed by atoms with van der Waals surface area (Å²) in [5, 5.41) is 7.69. The first-order valence-electron chi connectivity index (χ1n) is 6.03. The van der Waals surface area contributed by atoms with Crippen LogP contribution in [0, 0.1) is 0 Å². The number of carbonyl (C=O) groups is 2. The largest absolute Gasteiger partial charge is 0.380 e. The lowest BCUT2D eigenvalue weighted by Gasteiger charge is -2.06. The van der Waals surface area contributed by atoms with Crippen LogP contribution in [0.15, 0.2) is 35.7 Å². The molecule has 2 aromatic rings. The number of primary amides is 1. The molecule has 6 heteroatoms. The zero-order chi connectivity index (χ0) is 14.5. The number of nitrogens with two attached hydrogens (primary N) is 1. The minimum atomic E-state index is -0.410. The van der Waals surface area contributed by atoms with Crippen molar-refractivity contribution in [3.05, 3.63) is 46.2 Å². The van der Waals surface area contributed by atoms with Gasteiger partial charge in [-0.1, -0.05) is 0 Å². The molecule has 0 aliphatic carbocycles. The highest BCUT2D eigenvalue weighted by Gasteiger charge is 2.04. The average Bonchev–Trinajstić information content (AvgIpc) is 2.86. The van der Waals surface area contributed by atoms with E-state index in [4.69, 9.17) is 5.73 Å². The third-order valence-electron chi connectivity index (χ3n) is 2.61. The van der Waals surface area contributed by atoms with Gasteiger partial charge in [0.2, 0.25) is 11.8 Å². The van der Waals surface area contributed by atoms with Crippen LogP contribution >= 0.6 is 11.3 Å². The van der Waals surface area contributed by atoms with Crippen molar-refractivity contribution < 1.29 is 9.59 Å². The first kappa shape index (κ1) is 14.1. The Morgan fingerprint density at radius 2 is 1.85 bits per heavy atom. The van der Waals surface area contributed by atoms with Crippen LogP contribution < -0.4 is 16.4 Å². The van der Waals surface area contributed by atoms with Crippen LogP contribution in [-0.2, 0) is 11.3 Å². The van der Waals surface area contributed by atoms with Gasteiger partial charge in [0, 0.05) is 35.1 Å². The highest BCUT2D eigenvalue weighted by Crippen LogP contribution is 2.18. The summed E-state index contributed by atoms with van der Waals surface area (Å²) in [6, 6.07) is 9.20. The van der Waals surface area contributed by atoms with Gasteiger partial charge in [0.05, 0.1) is 5.56 Å². The van der Waals surface area contributed by atoms with Crippen molar-refractivity contribution in [3.63, 3.8) is 0 Å². The minimum Gasteiger partial charge on any atom is -0.380 e. The summed E-state index contributed by atoms with van der Waals surface area (Å²) in [5.74, 6) is -0.504. The Morgan fingerprint density at radius 3 is 2.40 bits per heavy atom. The van der Waals surface area contributed by atoms with E-state index in [9.17, 15) is 9.59 Å². The van der Waals surface area contributed by atoms with E-state index in [-0.39, 0.29) is 5.91 Å². The molecule has 0 saturated heterocycles. The van der Waals surface area contributed by atoms with Crippen LogP contribution in [0.3, 0.4) is 0 Å². The number of rotatable bonds is 5.